The summed E-state index contributed by atoms with van der Waals surface area (Å²) in [6.45, 7) is 1.93. The van der Waals surface area contributed by atoms with E-state index in [1.807, 2.05) is 6.92 Å². The summed E-state index contributed by atoms with van der Waals surface area (Å²) in [6, 6.07) is 6.12. The molecule has 2 aliphatic rings. The second-order valence-corrected chi connectivity index (χ2v) is 6.26. The fraction of sp³-hybridized carbons (Fsp3) is 0.588. The molecule has 2 aliphatic carbocycles. The van der Waals surface area contributed by atoms with Crippen molar-refractivity contribution in [3.63, 3.8) is 0 Å². The van der Waals surface area contributed by atoms with Gasteiger partial charge in [0.1, 0.15) is 11.6 Å². The van der Waals surface area contributed by atoms with Gasteiger partial charge in [0.15, 0.2) is 6.10 Å². The molecule has 4 atom stereocenters. The van der Waals surface area contributed by atoms with Gasteiger partial charge in [0.05, 0.1) is 0 Å². The predicted octanol–water partition coefficient (Wildman–Crippen LogP) is 3.29. The van der Waals surface area contributed by atoms with E-state index < -0.39 is 6.10 Å². The number of carbonyl (C=O) groups is 1. The summed E-state index contributed by atoms with van der Waals surface area (Å²) in [4.78, 5) is 12.4. The van der Waals surface area contributed by atoms with Crippen molar-refractivity contribution < 1.29 is 13.9 Å². The van der Waals surface area contributed by atoms with Gasteiger partial charge < -0.3 is 10.1 Å². The molecule has 2 bridgehead atoms. The number of halogens is 1. The van der Waals surface area contributed by atoms with Crippen LogP contribution in [0.1, 0.15) is 39.0 Å². The smallest absolute Gasteiger partial charge is 0.261 e. The summed E-state index contributed by atoms with van der Waals surface area (Å²) in [7, 11) is 0. The van der Waals surface area contributed by atoms with Gasteiger partial charge in [0.25, 0.3) is 5.91 Å². The van der Waals surface area contributed by atoms with E-state index in [0.717, 1.165) is 12.3 Å². The van der Waals surface area contributed by atoms with Crippen LogP contribution in [-0.2, 0) is 4.79 Å². The number of carbonyl (C=O) groups excluding carboxylic acids is 1. The predicted molar refractivity (Wildman–Crippen MR) is 78.5 cm³/mol. The third kappa shape index (κ3) is 3.20. The maximum absolute atomic E-state index is 12.9. The SMILES string of the molecule is CC[C@H](Oc1ccc(F)cc1)C(=O)N[C@@H]1C[C@H]2CC[C@H]1C2. The van der Waals surface area contributed by atoms with Crippen LogP contribution in [0.15, 0.2) is 24.3 Å². The molecular weight excluding hydrogens is 269 g/mol. The van der Waals surface area contributed by atoms with Crippen molar-refractivity contribution in [2.24, 2.45) is 11.8 Å². The molecule has 0 aliphatic heterocycles. The topological polar surface area (TPSA) is 38.3 Å². The lowest BCUT2D eigenvalue weighted by atomic mass is 9.95. The fourth-order valence-electron chi connectivity index (χ4n) is 3.70. The summed E-state index contributed by atoms with van der Waals surface area (Å²) >= 11 is 0. The van der Waals surface area contributed by atoms with E-state index in [1.165, 1.54) is 31.4 Å². The largest absolute Gasteiger partial charge is 0.481 e. The van der Waals surface area contributed by atoms with Crippen molar-refractivity contribution in [1.82, 2.24) is 5.32 Å². The first-order chi connectivity index (χ1) is 10.2. The maximum atomic E-state index is 12.9. The minimum absolute atomic E-state index is 0.0422. The van der Waals surface area contributed by atoms with Crippen LogP contribution in [0.3, 0.4) is 0 Å². The molecule has 0 radical (unpaired) electrons. The molecule has 0 saturated heterocycles. The Morgan fingerprint density at radius 1 is 1.33 bits per heavy atom. The number of amides is 1. The van der Waals surface area contributed by atoms with Crippen LogP contribution in [0.5, 0.6) is 5.75 Å². The Morgan fingerprint density at radius 2 is 2.10 bits per heavy atom. The summed E-state index contributed by atoms with van der Waals surface area (Å²) in [6.07, 6.45) is 5.04. The molecule has 1 amide bonds. The first-order valence-corrected chi connectivity index (χ1v) is 7.88. The second kappa shape index (κ2) is 6.04. The van der Waals surface area contributed by atoms with E-state index in [2.05, 4.69) is 5.32 Å². The molecule has 1 N–H and O–H groups in total. The lowest BCUT2D eigenvalue weighted by Crippen LogP contribution is -2.45. The summed E-state index contributed by atoms with van der Waals surface area (Å²) in [5.41, 5.74) is 0. The van der Waals surface area contributed by atoms with Crippen LogP contribution in [0.2, 0.25) is 0 Å². The lowest BCUT2D eigenvalue weighted by molar-refractivity contribution is -0.129. The van der Waals surface area contributed by atoms with Crippen molar-refractivity contribution >= 4 is 5.91 Å². The molecule has 21 heavy (non-hydrogen) atoms. The Balaban J connectivity index is 1.57. The van der Waals surface area contributed by atoms with Crippen LogP contribution in [-0.4, -0.2) is 18.1 Å². The zero-order chi connectivity index (χ0) is 14.8. The van der Waals surface area contributed by atoms with Crippen molar-refractivity contribution in [2.45, 2.75) is 51.2 Å². The number of fused-ring (bicyclic) bond motifs is 2. The molecule has 0 aromatic heterocycles. The number of rotatable bonds is 5. The van der Waals surface area contributed by atoms with Crippen molar-refractivity contribution in [3.05, 3.63) is 30.1 Å². The maximum Gasteiger partial charge on any atom is 0.261 e. The van der Waals surface area contributed by atoms with Gasteiger partial charge in [-0.25, -0.2) is 4.39 Å². The molecule has 0 spiro atoms. The second-order valence-electron chi connectivity index (χ2n) is 6.26. The average Bonchev–Trinajstić information content (AvgIpc) is 3.09. The fourth-order valence-corrected chi connectivity index (χ4v) is 3.70. The molecule has 3 nitrogen and oxygen atoms in total. The van der Waals surface area contributed by atoms with Crippen LogP contribution in [0, 0.1) is 17.7 Å². The summed E-state index contributed by atoms with van der Waals surface area (Å²) in [5.74, 6) is 1.65. The highest BCUT2D eigenvalue weighted by atomic mass is 19.1. The van der Waals surface area contributed by atoms with Gasteiger partial charge in [0.2, 0.25) is 0 Å². The first-order valence-electron chi connectivity index (χ1n) is 7.88. The van der Waals surface area contributed by atoms with Gasteiger partial charge in [-0.1, -0.05) is 13.3 Å². The van der Waals surface area contributed by atoms with Gasteiger partial charge in [-0.05, 0) is 61.8 Å². The quantitative estimate of drug-likeness (QED) is 0.904. The highest BCUT2D eigenvalue weighted by Crippen LogP contribution is 2.44. The number of ether oxygens (including phenoxy) is 1. The molecule has 1 aromatic carbocycles. The summed E-state index contributed by atoms with van der Waals surface area (Å²) in [5, 5.41) is 3.15. The molecular formula is C17H22FNO2. The van der Waals surface area contributed by atoms with Crippen LogP contribution in [0.4, 0.5) is 4.39 Å². The number of benzene rings is 1. The van der Waals surface area contributed by atoms with E-state index in [0.29, 0.717) is 24.1 Å². The Labute approximate surface area is 124 Å². The Hall–Kier alpha value is -1.58. The molecule has 114 valence electrons. The van der Waals surface area contributed by atoms with Gasteiger partial charge in [-0.3, -0.25) is 4.79 Å². The van der Waals surface area contributed by atoms with Crippen LogP contribution in [0.25, 0.3) is 0 Å². The average molecular weight is 291 g/mol. The molecule has 0 heterocycles. The monoisotopic (exact) mass is 291 g/mol. The van der Waals surface area contributed by atoms with E-state index >= 15 is 0 Å². The van der Waals surface area contributed by atoms with Crippen LogP contribution < -0.4 is 10.1 Å². The Morgan fingerprint density at radius 3 is 2.67 bits per heavy atom. The Kier molecular flexibility index (Phi) is 4.13. The van der Waals surface area contributed by atoms with E-state index in [4.69, 9.17) is 4.74 Å². The standard InChI is InChI=1S/C17H22FNO2/c1-2-16(21-14-7-5-13(18)6-8-14)17(20)19-15-10-11-3-4-12(15)9-11/h5-8,11-12,15-16H,2-4,9-10H2,1H3,(H,19,20)/t11-,12-,15+,16-/m0/s1. The molecule has 0 unspecified atom stereocenters. The zero-order valence-electron chi connectivity index (χ0n) is 12.3. The molecule has 1 aromatic rings. The normalized spacial score (nSPS) is 28.4. The van der Waals surface area contributed by atoms with Crippen LogP contribution >= 0.6 is 0 Å². The van der Waals surface area contributed by atoms with Crippen molar-refractivity contribution in [1.29, 1.82) is 0 Å². The summed E-state index contributed by atoms with van der Waals surface area (Å²) < 4.78 is 18.6. The molecule has 2 saturated carbocycles. The minimum Gasteiger partial charge on any atom is -0.481 e. The van der Waals surface area contributed by atoms with Gasteiger partial charge >= 0.3 is 0 Å². The van der Waals surface area contributed by atoms with Gasteiger partial charge in [-0.15, -0.1) is 0 Å². The van der Waals surface area contributed by atoms with E-state index in [9.17, 15) is 9.18 Å². The lowest BCUT2D eigenvalue weighted by Gasteiger charge is -2.25. The van der Waals surface area contributed by atoms with Crippen molar-refractivity contribution in [2.75, 3.05) is 0 Å². The van der Waals surface area contributed by atoms with Crippen molar-refractivity contribution in [3.8, 4) is 5.75 Å². The molecule has 4 heteroatoms. The third-order valence-electron chi connectivity index (χ3n) is 4.82. The highest BCUT2D eigenvalue weighted by Gasteiger charge is 2.40. The number of hydrogen-bond acceptors (Lipinski definition) is 2. The highest BCUT2D eigenvalue weighted by molar-refractivity contribution is 5.81. The first kappa shape index (κ1) is 14.4. The third-order valence-corrected chi connectivity index (χ3v) is 4.82. The Bertz CT molecular complexity index is 502. The number of nitrogens with one attached hydrogen (secondary N) is 1. The molecule has 3 rings (SSSR count). The number of hydrogen-bond donors (Lipinski definition) is 1. The van der Waals surface area contributed by atoms with E-state index in [-0.39, 0.29) is 11.7 Å². The zero-order valence-corrected chi connectivity index (χ0v) is 12.3. The minimum atomic E-state index is -0.505. The molecule has 2 fully saturated rings. The van der Waals surface area contributed by atoms with Gasteiger partial charge in [0, 0.05) is 6.04 Å². The van der Waals surface area contributed by atoms with Gasteiger partial charge in [-0.2, -0.15) is 0 Å². The van der Waals surface area contributed by atoms with E-state index in [1.54, 1.807) is 12.1 Å².